The molecule has 6 nitrogen and oxygen atoms in total. The topological polar surface area (TPSA) is 69.7 Å². The molecule has 30 heavy (non-hydrogen) atoms. The number of hydrogen-bond acceptors (Lipinski definition) is 5. The number of H-pyrrole nitrogens is 1. The van der Waals surface area contributed by atoms with Gasteiger partial charge < -0.3 is 5.32 Å². The molecule has 4 heterocycles. The third kappa shape index (κ3) is 3.82. The molecule has 0 saturated carbocycles. The van der Waals surface area contributed by atoms with E-state index < -0.39 is 0 Å². The van der Waals surface area contributed by atoms with Crippen LogP contribution in [-0.4, -0.2) is 38.2 Å². The molecule has 1 fully saturated rings. The Bertz CT molecular complexity index is 1160. The van der Waals surface area contributed by atoms with Gasteiger partial charge in [-0.05, 0) is 61.8 Å². The van der Waals surface area contributed by atoms with Crippen LogP contribution in [0, 0.1) is 0 Å². The molecule has 1 aliphatic heterocycles. The fourth-order valence-corrected chi connectivity index (χ4v) is 3.95. The molecule has 0 spiro atoms. The number of likely N-dealkylation sites (tertiary alicyclic amines) is 1. The number of nitrogens with one attached hydrogen (secondary N) is 2. The van der Waals surface area contributed by atoms with Crippen LogP contribution in [0.3, 0.4) is 0 Å². The van der Waals surface area contributed by atoms with Gasteiger partial charge in [0.05, 0.1) is 28.8 Å². The first kappa shape index (κ1) is 18.5. The van der Waals surface area contributed by atoms with E-state index in [-0.39, 0.29) is 0 Å². The Balaban J connectivity index is 1.34. The van der Waals surface area contributed by atoms with Crippen LogP contribution in [0.15, 0.2) is 67.6 Å². The summed E-state index contributed by atoms with van der Waals surface area (Å²) in [5.74, 6) is 0. The van der Waals surface area contributed by atoms with Gasteiger partial charge in [0, 0.05) is 29.9 Å². The molecule has 1 saturated heterocycles. The van der Waals surface area contributed by atoms with Crippen molar-refractivity contribution in [1.82, 2.24) is 25.1 Å². The van der Waals surface area contributed by atoms with E-state index in [1.54, 1.807) is 6.20 Å². The fourth-order valence-electron chi connectivity index (χ4n) is 3.95. The van der Waals surface area contributed by atoms with Crippen molar-refractivity contribution < 1.29 is 0 Å². The van der Waals surface area contributed by atoms with Crippen molar-refractivity contribution in [3.63, 3.8) is 0 Å². The number of hydrogen-bond donors (Lipinski definition) is 2. The number of benzene rings is 1. The second-order valence-electron chi connectivity index (χ2n) is 7.70. The predicted octanol–water partition coefficient (Wildman–Crippen LogP) is 4.70. The molecular formula is C24H24N6. The molecule has 1 aliphatic rings. The van der Waals surface area contributed by atoms with Crippen molar-refractivity contribution in [2.75, 3.05) is 18.4 Å². The molecule has 6 heteroatoms. The number of rotatable bonds is 6. The van der Waals surface area contributed by atoms with E-state index in [2.05, 4.69) is 67.3 Å². The summed E-state index contributed by atoms with van der Waals surface area (Å²) in [6.45, 7) is 7.47. The molecule has 2 N–H and O–H groups in total. The fraction of sp³-hybridized carbons (Fsp3) is 0.208. The van der Waals surface area contributed by atoms with Crippen LogP contribution < -0.4 is 5.32 Å². The largest absolute Gasteiger partial charge is 0.353 e. The monoisotopic (exact) mass is 396 g/mol. The highest BCUT2D eigenvalue weighted by Gasteiger charge is 2.13. The second-order valence-corrected chi connectivity index (χ2v) is 7.70. The SMILES string of the molecule is C=C(Nc1ccc(CN2CCCC2)nc1)c1n[nH]c2ccc(-c3cccnc3)cc12. The maximum Gasteiger partial charge on any atom is 0.116 e. The molecule has 0 bridgehead atoms. The molecule has 150 valence electrons. The highest BCUT2D eigenvalue weighted by Crippen LogP contribution is 2.28. The van der Waals surface area contributed by atoms with Gasteiger partial charge in [-0.15, -0.1) is 0 Å². The van der Waals surface area contributed by atoms with Crippen LogP contribution in [0.1, 0.15) is 24.2 Å². The quantitative estimate of drug-likeness (QED) is 0.494. The van der Waals surface area contributed by atoms with Crippen molar-refractivity contribution in [2.45, 2.75) is 19.4 Å². The smallest absolute Gasteiger partial charge is 0.116 e. The van der Waals surface area contributed by atoms with Gasteiger partial charge in [-0.25, -0.2) is 0 Å². The van der Waals surface area contributed by atoms with Crippen molar-refractivity contribution in [3.8, 4) is 11.1 Å². The normalized spacial score (nSPS) is 14.3. The summed E-state index contributed by atoms with van der Waals surface area (Å²) in [5, 5.41) is 11.9. The maximum atomic E-state index is 4.61. The van der Waals surface area contributed by atoms with Crippen LogP contribution >= 0.6 is 0 Å². The van der Waals surface area contributed by atoms with E-state index in [9.17, 15) is 0 Å². The zero-order valence-electron chi connectivity index (χ0n) is 16.8. The molecule has 0 amide bonds. The van der Waals surface area contributed by atoms with Crippen LogP contribution in [0.5, 0.6) is 0 Å². The third-order valence-corrected chi connectivity index (χ3v) is 5.55. The first-order chi connectivity index (χ1) is 14.8. The van der Waals surface area contributed by atoms with Crippen LogP contribution in [0.25, 0.3) is 27.7 Å². The van der Waals surface area contributed by atoms with Gasteiger partial charge in [-0.3, -0.25) is 20.0 Å². The number of pyridine rings is 2. The lowest BCUT2D eigenvalue weighted by Gasteiger charge is -2.14. The highest BCUT2D eigenvalue weighted by atomic mass is 15.1. The lowest BCUT2D eigenvalue weighted by atomic mass is 10.0. The Kier molecular flexibility index (Phi) is 4.99. The number of nitrogens with zero attached hydrogens (tertiary/aromatic N) is 4. The molecule has 0 aliphatic carbocycles. The van der Waals surface area contributed by atoms with Crippen molar-refractivity contribution in [2.24, 2.45) is 0 Å². The van der Waals surface area contributed by atoms with Gasteiger partial charge in [-0.1, -0.05) is 18.7 Å². The van der Waals surface area contributed by atoms with Gasteiger partial charge in [0.2, 0.25) is 0 Å². The first-order valence-corrected chi connectivity index (χ1v) is 10.3. The van der Waals surface area contributed by atoms with Crippen LogP contribution in [0.4, 0.5) is 5.69 Å². The van der Waals surface area contributed by atoms with Gasteiger partial charge in [0.1, 0.15) is 5.69 Å². The Hall–Kier alpha value is -3.51. The molecule has 0 radical (unpaired) electrons. The zero-order valence-corrected chi connectivity index (χ0v) is 16.8. The van der Waals surface area contributed by atoms with Crippen LogP contribution in [0.2, 0.25) is 0 Å². The predicted molar refractivity (Wildman–Crippen MR) is 121 cm³/mol. The van der Waals surface area contributed by atoms with E-state index in [4.69, 9.17) is 0 Å². The average Bonchev–Trinajstić information content (AvgIpc) is 3.45. The lowest BCUT2D eigenvalue weighted by molar-refractivity contribution is 0.327. The van der Waals surface area contributed by atoms with E-state index in [1.165, 1.54) is 25.9 Å². The van der Waals surface area contributed by atoms with Gasteiger partial charge in [0.15, 0.2) is 0 Å². The molecule has 0 atom stereocenters. The maximum absolute atomic E-state index is 4.61. The molecule has 5 rings (SSSR count). The van der Waals surface area contributed by atoms with Crippen LogP contribution in [-0.2, 0) is 6.54 Å². The van der Waals surface area contributed by atoms with Crippen molar-refractivity contribution in [3.05, 3.63) is 79.0 Å². The molecule has 4 aromatic rings. The van der Waals surface area contributed by atoms with Gasteiger partial charge >= 0.3 is 0 Å². The number of aromatic nitrogens is 4. The van der Waals surface area contributed by atoms with Crippen molar-refractivity contribution >= 4 is 22.3 Å². The summed E-state index contributed by atoms with van der Waals surface area (Å²) in [5.41, 5.74) is 6.68. The van der Waals surface area contributed by atoms with E-state index >= 15 is 0 Å². The van der Waals surface area contributed by atoms with Crippen molar-refractivity contribution in [1.29, 1.82) is 0 Å². The summed E-state index contributed by atoms with van der Waals surface area (Å²) in [7, 11) is 0. The summed E-state index contributed by atoms with van der Waals surface area (Å²) in [6, 6.07) is 14.4. The summed E-state index contributed by atoms with van der Waals surface area (Å²) >= 11 is 0. The van der Waals surface area contributed by atoms with E-state index in [1.807, 2.05) is 24.5 Å². The number of aromatic amines is 1. The molecule has 1 aromatic carbocycles. The lowest BCUT2D eigenvalue weighted by Crippen LogP contribution is -2.19. The zero-order chi connectivity index (χ0) is 20.3. The highest BCUT2D eigenvalue weighted by molar-refractivity contribution is 5.94. The van der Waals surface area contributed by atoms with Gasteiger partial charge in [0.25, 0.3) is 0 Å². The Morgan fingerprint density at radius 2 is 1.97 bits per heavy atom. The Labute approximate surface area is 175 Å². The standard InChI is InChI=1S/C24H24N6/c1-17(27-20-7-8-21(26-15-20)16-30-11-2-3-12-30)24-22-13-18(6-9-23(22)28-29-24)19-5-4-10-25-14-19/h4-10,13-15,27H,1-3,11-12,16H2,(H,28,29). The number of anilines is 1. The number of fused-ring (bicyclic) bond motifs is 1. The van der Waals surface area contributed by atoms with E-state index in [0.717, 1.165) is 51.3 Å². The summed E-state index contributed by atoms with van der Waals surface area (Å²) in [4.78, 5) is 11.3. The minimum Gasteiger partial charge on any atom is -0.353 e. The third-order valence-electron chi connectivity index (χ3n) is 5.55. The molecule has 0 unspecified atom stereocenters. The van der Waals surface area contributed by atoms with Gasteiger partial charge in [-0.2, -0.15) is 5.10 Å². The minimum absolute atomic E-state index is 0.735. The Morgan fingerprint density at radius 1 is 1.07 bits per heavy atom. The first-order valence-electron chi connectivity index (χ1n) is 10.3. The minimum atomic E-state index is 0.735. The summed E-state index contributed by atoms with van der Waals surface area (Å²) in [6.07, 6.45) is 8.09. The Morgan fingerprint density at radius 3 is 2.73 bits per heavy atom. The molecule has 3 aromatic heterocycles. The van der Waals surface area contributed by atoms with E-state index in [0.29, 0.717) is 0 Å². The average molecular weight is 396 g/mol. The second kappa shape index (κ2) is 8.08. The summed E-state index contributed by atoms with van der Waals surface area (Å²) < 4.78 is 0. The molecular weight excluding hydrogens is 372 g/mol.